The lowest BCUT2D eigenvalue weighted by molar-refractivity contribution is -0.128. The molecule has 9 heteroatoms. The Kier molecular flexibility index (Phi) is 5.52. The van der Waals surface area contributed by atoms with Crippen LogP contribution in [0.15, 0.2) is 35.4 Å². The van der Waals surface area contributed by atoms with Gasteiger partial charge in [-0.15, -0.1) is 0 Å². The number of aromatic nitrogens is 2. The molecule has 1 aromatic heterocycles. The Morgan fingerprint density at radius 2 is 1.93 bits per heavy atom. The maximum absolute atomic E-state index is 13.2. The van der Waals surface area contributed by atoms with E-state index in [0.29, 0.717) is 37.4 Å². The van der Waals surface area contributed by atoms with Crippen molar-refractivity contribution in [3.63, 3.8) is 0 Å². The van der Waals surface area contributed by atoms with E-state index in [0.717, 1.165) is 5.69 Å². The quantitative estimate of drug-likeness (QED) is 0.784. The van der Waals surface area contributed by atoms with Crippen molar-refractivity contribution in [1.82, 2.24) is 19.0 Å². The van der Waals surface area contributed by atoms with Crippen molar-refractivity contribution >= 4 is 15.9 Å². The normalized spacial score (nSPS) is 16.2. The first kappa shape index (κ1) is 19.4. The summed E-state index contributed by atoms with van der Waals surface area (Å²) in [6.45, 7) is 3.16. The molecule has 0 N–H and O–H groups in total. The van der Waals surface area contributed by atoms with E-state index < -0.39 is 10.0 Å². The number of ether oxygens (including phenoxy) is 1. The van der Waals surface area contributed by atoms with Crippen LogP contribution in [0.5, 0.6) is 5.75 Å². The average molecular weight is 392 g/mol. The van der Waals surface area contributed by atoms with Gasteiger partial charge in [0, 0.05) is 51.9 Å². The zero-order valence-corrected chi connectivity index (χ0v) is 16.6. The van der Waals surface area contributed by atoms with Gasteiger partial charge in [0.05, 0.1) is 17.7 Å². The molecule has 0 unspecified atom stereocenters. The van der Waals surface area contributed by atoms with Crippen molar-refractivity contribution in [1.29, 1.82) is 0 Å². The second kappa shape index (κ2) is 7.69. The van der Waals surface area contributed by atoms with Gasteiger partial charge in [0.2, 0.25) is 15.9 Å². The number of hydrogen-bond acceptors (Lipinski definition) is 5. The van der Waals surface area contributed by atoms with E-state index in [2.05, 4.69) is 5.10 Å². The Balaban J connectivity index is 1.95. The summed E-state index contributed by atoms with van der Waals surface area (Å²) >= 11 is 0. The van der Waals surface area contributed by atoms with Crippen molar-refractivity contribution in [2.45, 2.75) is 18.2 Å². The molecule has 27 heavy (non-hydrogen) atoms. The van der Waals surface area contributed by atoms with Gasteiger partial charge in [0.15, 0.2) is 0 Å². The SMILES string of the molecule is COc1ccc(S(=O)(=O)N2CCCN(C(C)=O)CC2)cc1-c1ccnn1C. The van der Waals surface area contributed by atoms with E-state index in [-0.39, 0.29) is 17.3 Å². The van der Waals surface area contributed by atoms with E-state index >= 15 is 0 Å². The molecule has 0 saturated carbocycles. The highest BCUT2D eigenvalue weighted by Gasteiger charge is 2.28. The van der Waals surface area contributed by atoms with Gasteiger partial charge >= 0.3 is 0 Å². The summed E-state index contributed by atoms with van der Waals surface area (Å²) in [4.78, 5) is 13.5. The van der Waals surface area contributed by atoms with Crippen LogP contribution in [0.3, 0.4) is 0 Å². The zero-order valence-electron chi connectivity index (χ0n) is 15.8. The van der Waals surface area contributed by atoms with E-state index in [1.807, 2.05) is 6.07 Å². The van der Waals surface area contributed by atoms with Crippen molar-refractivity contribution in [3.05, 3.63) is 30.5 Å². The fourth-order valence-corrected chi connectivity index (χ4v) is 4.78. The molecule has 3 rings (SSSR count). The van der Waals surface area contributed by atoms with E-state index in [9.17, 15) is 13.2 Å². The first-order valence-electron chi connectivity index (χ1n) is 8.76. The molecule has 1 aromatic carbocycles. The summed E-state index contributed by atoms with van der Waals surface area (Å²) in [7, 11) is -0.333. The molecule has 146 valence electrons. The Morgan fingerprint density at radius 3 is 2.56 bits per heavy atom. The zero-order chi connectivity index (χ0) is 19.6. The molecule has 0 bridgehead atoms. The molecule has 0 radical (unpaired) electrons. The van der Waals surface area contributed by atoms with E-state index in [1.165, 1.54) is 11.2 Å². The van der Waals surface area contributed by atoms with Crippen LogP contribution in [0, 0.1) is 0 Å². The lowest BCUT2D eigenvalue weighted by Gasteiger charge is -2.21. The van der Waals surface area contributed by atoms with Crippen molar-refractivity contribution in [2.24, 2.45) is 7.05 Å². The minimum Gasteiger partial charge on any atom is -0.496 e. The number of hydrogen-bond donors (Lipinski definition) is 0. The van der Waals surface area contributed by atoms with Crippen LogP contribution in [0.2, 0.25) is 0 Å². The summed E-state index contributed by atoms with van der Waals surface area (Å²) in [5, 5.41) is 4.15. The number of nitrogens with zero attached hydrogens (tertiary/aromatic N) is 4. The Morgan fingerprint density at radius 1 is 1.15 bits per heavy atom. The van der Waals surface area contributed by atoms with Crippen molar-refractivity contribution < 1.29 is 17.9 Å². The number of carbonyl (C=O) groups is 1. The summed E-state index contributed by atoms with van der Waals surface area (Å²) in [6, 6.07) is 6.65. The van der Waals surface area contributed by atoms with E-state index in [4.69, 9.17) is 4.74 Å². The average Bonchev–Trinajstić information content (AvgIpc) is 2.91. The number of benzene rings is 1. The smallest absolute Gasteiger partial charge is 0.243 e. The van der Waals surface area contributed by atoms with Gasteiger partial charge in [-0.05, 0) is 30.7 Å². The van der Waals surface area contributed by atoms with Gasteiger partial charge in [0.25, 0.3) is 0 Å². The molecule has 0 spiro atoms. The second-order valence-corrected chi connectivity index (χ2v) is 8.40. The molecule has 2 aromatic rings. The van der Waals surface area contributed by atoms with Crippen molar-refractivity contribution in [3.8, 4) is 17.0 Å². The molecule has 1 saturated heterocycles. The van der Waals surface area contributed by atoms with Crippen LogP contribution < -0.4 is 4.74 Å². The van der Waals surface area contributed by atoms with Crippen LogP contribution in [-0.4, -0.2) is 66.6 Å². The third-order valence-electron chi connectivity index (χ3n) is 4.81. The molecular formula is C18H24N4O4S. The Bertz CT molecular complexity index is 939. The predicted octanol–water partition coefficient (Wildman–Crippen LogP) is 1.34. The third-order valence-corrected chi connectivity index (χ3v) is 6.70. The second-order valence-electron chi connectivity index (χ2n) is 6.47. The third kappa shape index (κ3) is 3.84. The minimum atomic E-state index is -3.68. The van der Waals surface area contributed by atoms with Crippen LogP contribution in [0.25, 0.3) is 11.3 Å². The van der Waals surface area contributed by atoms with Gasteiger partial charge in [-0.3, -0.25) is 9.48 Å². The molecule has 1 fully saturated rings. The number of carbonyl (C=O) groups excluding carboxylic acids is 1. The van der Waals surface area contributed by atoms with Gasteiger partial charge in [-0.25, -0.2) is 8.42 Å². The molecule has 1 aliphatic rings. The van der Waals surface area contributed by atoms with Gasteiger partial charge in [0.1, 0.15) is 5.75 Å². The highest BCUT2D eigenvalue weighted by Crippen LogP contribution is 2.32. The summed E-state index contributed by atoms with van der Waals surface area (Å²) in [6.07, 6.45) is 2.27. The number of methoxy groups -OCH3 is 1. The maximum Gasteiger partial charge on any atom is 0.243 e. The van der Waals surface area contributed by atoms with Crippen LogP contribution in [-0.2, 0) is 21.9 Å². The first-order chi connectivity index (χ1) is 12.8. The number of amides is 1. The van der Waals surface area contributed by atoms with Gasteiger partial charge < -0.3 is 9.64 Å². The summed E-state index contributed by atoms with van der Waals surface area (Å²) in [5.74, 6) is 0.549. The highest BCUT2D eigenvalue weighted by molar-refractivity contribution is 7.89. The minimum absolute atomic E-state index is 0.0304. The van der Waals surface area contributed by atoms with Crippen molar-refractivity contribution in [2.75, 3.05) is 33.3 Å². The number of aryl methyl sites for hydroxylation is 1. The van der Waals surface area contributed by atoms with Gasteiger partial charge in [-0.2, -0.15) is 9.40 Å². The molecule has 0 aliphatic carbocycles. The lowest BCUT2D eigenvalue weighted by Crippen LogP contribution is -2.36. The largest absolute Gasteiger partial charge is 0.496 e. The maximum atomic E-state index is 13.2. The number of rotatable bonds is 4. The molecule has 8 nitrogen and oxygen atoms in total. The monoisotopic (exact) mass is 392 g/mol. The Hall–Kier alpha value is -2.39. The predicted molar refractivity (Wildman–Crippen MR) is 101 cm³/mol. The summed E-state index contributed by atoms with van der Waals surface area (Å²) in [5.41, 5.74) is 1.43. The highest BCUT2D eigenvalue weighted by atomic mass is 32.2. The summed E-state index contributed by atoms with van der Waals surface area (Å²) < 4.78 is 34.9. The van der Waals surface area contributed by atoms with Gasteiger partial charge in [-0.1, -0.05) is 0 Å². The van der Waals surface area contributed by atoms with Crippen LogP contribution in [0.1, 0.15) is 13.3 Å². The van der Waals surface area contributed by atoms with Crippen LogP contribution in [0.4, 0.5) is 0 Å². The molecule has 1 aliphatic heterocycles. The Labute approximate surface area is 159 Å². The fourth-order valence-electron chi connectivity index (χ4n) is 3.28. The van der Waals surface area contributed by atoms with Crippen LogP contribution >= 0.6 is 0 Å². The standard InChI is InChI=1S/C18H24N4O4S/c1-14(23)21-9-4-10-22(12-11-21)27(24,25)15-5-6-18(26-3)16(13-15)17-7-8-19-20(17)2/h5-8,13H,4,9-12H2,1-3H3. The lowest BCUT2D eigenvalue weighted by atomic mass is 10.1. The molecule has 0 atom stereocenters. The molecule has 1 amide bonds. The fraction of sp³-hybridized carbons (Fsp3) is 0.444. The number of sulfonamides is 1. The molecular weight excluding hydrogens is 368 g/mol. The first-order valence-corrected chi connectivity index (χ1v) is 10.2. The topological polar surface area (TPSA) is 84.7 Å². The van der Waals surface area contributed by atoms with E-state index in [1.54, 1.807) is 48.1 Å². The molecule has 2 heterocycles.